The second-order valence-electron chi connectivity index (χ2n) is 8.05. The van der Waals surface area contributed by atoms with Crippen molar-refractivity contribution in [2.75, 3.05) is 57.7 Å². The first-order valence-electron chi connectivity index (χ1n) is 11.0. The van der Waals surface area contributed by atoms with E-state index < -0.39 is 62.1 Å². The summed E-state index contributed by atoms with van der Waals surface area (Å²) in [6, 6.07) is 5.63. The Hall–Kier alpha value is -2.34. The Labute approximate surface area is 255 Å². The first-order chi connectivity index (χ1) is 17.4. The van der Waals surface area contributed by atoms with E-state index in [1.807, 2.05) is 0 Å². The summed E-state index contributed by atoms with van der Waals surface area (Å²) < 4.78 is 0. The van der Waals surface area contributed by atoms with Crippen LogP contribution in [0.5, 0.6) is 0 Å². The van der Waals surface area contributed by atoms with Gasteiger partial charge in [0.2, 0.25) is 0 Å². The molecule has 1 unspecified atom stereocenters. The average Bonchev–Trinajstić information content (AvgIpc) is 2.77. The number of anilines is 1. The van der Waals surface area contributed by atoms with Crippen molar-refractivity contribution in [2.24, 2.45) is 0 Å². The van der Waals surface area contributed by atoms with E-state index in [1.54, 1.807) is 24.3 Å². The number of hydrogen-bond donors (Lipinski definition) is 6. The molecule has 0 aliphatic carbocycles. The van der Waals surface area contributed by atoms with Crippen LogP contribution in [0.3, 0.4) is 0 Å². The molecule has 0 aliphatic heterocycles. The number of thiocarbonyl (C=S) groups is 1. The molecule has 1 radical (unpaired) electrons. The van der Waals surface area contributed by atoms with E-state index in [-0.39, 0.29) is 72.5 Å². The Morgan fingerprint density at radius 3 is 1.45 bits per heavy atom. The summed E-state index contributed by atoms with van der Waals surface area (Å²) in [7, 11) is 0. The van der Waals surface area contributed by atoms with E-state index in [4.69, 9.17) is 32.6 Å². The Morgan fingerprint density at radius 1 is 0.737 bits per heavy atom. The molecule has 0 aliphatic rings. The molecule has 1 rings (SSSR count). The van der Waals surface area contributed by atoms with Crippen LogP contribution >= 0.6 is 12.2 Å². The van der Waals surface area contributed by atoms with Crippen LogP contribution in [0.2, 0.25) is 0 Å². The molecule has 0 aromatic heterocycles. The van der Waals surface area contributed by atoms with Gasteiger partial charge in [0.1, 0.15) is 6.04 Å². The number of aliphatic carboxylic acids is 5. The molecule has 1 atom stereocenters. The number of nitrogens with zero attached hydrogens (tertiary/aromatic N) is 3. The van der Waals surface area contributed by atoms with E-state index in [1.165, 1.54) is 10.4 Å². The summed E-state index contributed by atoms with van der Waals surface area (Å²) in [5.74, 6) is -6.26. The minimum atomic E-state index is -1.26. The first-order valence-corrected chi connectivity index (χ1v) is 11.5. The van der Waals surface area contributed by atoms with E-state index in [0.717, 1.165) is 9.80 Å². The molecule has 38 heavy (non-hydrogen) atoms. The Balaban J connectivity index is 0.0000137. The molecular weight excluding hydrogens is 670 g/mol. The largest absolute Gasteiger partial charge is 3.00 e. The Bertz CT molecular complexity index is 894. The average molecular weight is 700 g/mol. The maximum Gasteiger partial charge on any atom is 3.00 e. The number of carbonyl (C=O) groups is 5. The van der Waals surface area contributed by atoms with Crippen molar-refractivity contribution in [3.8, 4) is 0 Å². The summed E-state index contributed by atoms with van der Waals surface area (Å²) in [5, 5.41) is 49.1. The summed E-state index contributed by atoms with van der Waals surface area (Å²) in [6.07, 6.45) is 0.0168. The van der Waals surface area contributed by atoms with Gasteiger partial charge in [-0.15, -0.1) is 0 Å². The topological polar surface area (TPSA) is 208 Å². The van der Waals surface area contributed by atoms with Crippen LogP contribution in [-0.2, 0) is 30.4 Å². The van der Waals surface area contributed by atoms with Crippen molar-refractivity contribution in [2.45, 2.75) is 12.5 Å². The third-order valence-electron chi connectivity index (χ3n) is 5.18. The molecule has 1 aromatic carbocycles. The van der Waals surface area contributed by atoms with E-state index >= 15 is 0 Å². The molecule has 0 fully saturated rings. The standard InChI is InChI=1S/C22H30N4O10S.Gd/c27-18(28)10-24(11-19(29)30)5-7-26(8-6-25(12-20(31)32)13-21(33)34)17(22(35)36)9-15-1-3-16(4-2-15)23-14-37;/h1-4,14,17H,5-13H2,(H,23,37)(H,27,28)(H,29,30)(H,31,32)(H,33,34)(H,35,36);/q;+3. The number of benzene rings is 1. The fourth-order valence-corrected chi connectivity index (χ4v) is 3.69. The maximum atomic E-state index is 12.2. The van der Waals surface area contributed by atoms with Crippen LogP contribution < -0.4 is 5.32 Å². The normalized spacial score (nSPS) is 11.6. The van der Waals surface area contributed by atoms with Gasteiger partial charge in [0.25, 0.3) is 0 Å². The van der Waals surface area contributed by atoms with Crippen molar-refractivity contribution in [1.29, 1.82) is 0 Å². The summed E-state index contributed by atoms with van der Waals surface area (Å²) in [6.45, 7) is -2.72. The zero-order valence-electron chi connectivity index (χ0n) is 20.2. The molecule has 1 aromatic rings. The molecule has 209 valence electrons. The van der Waals surface area contributed by atoms with E-state index in [0.29, 0.717) is 11.3 Å². The number of nitrogens with one attached hydrogen (secondary N) is 1. The third-order valence-corrected chi connectivity index (χ3v) is 5.29. The Morgan fingerprint density at radius 2 is 1.13 bits per heavy atom. The van der Waals surface area contributed by atoms with Crippen LogP contribution in [0.4, 0.5) is 5.69 Å². The second kappa shape index (κ2) is 18.8. The molecule has 0 bridgehead atoms. The monoisotopic (exact) mass is 700 g/mol. The van der Waals surface area contributed by atoms with Gasteiger partial charge in [-0.25, -0.2) is 0 Å². The predicted molar refractivity (Wildman–Crippen MR) is 134 cm³/mol. The van der Waals surface area contributed by atoms with Gasteiger partial charge >= 0.3 is 69.8 Å². The minimum Gasteiger partial charge on any atom is -0.480 e. The molecule has 0 amide bonds. The molecule has 0 saturated heterocycles. The van der Waals surface area contributed by atoms with Gasteiger partial charge in [-0.3, -0.25) is 38.7 Å². The fourth-order valence-electron chi connectivity index (χ4n) is 3.56. The second-order valence-corrected chi connectivity index (χ2v) is 8.29. The van der Waals surface area contributed by atoms with Gasteiger partial charge in [0.05, 0.1) is 31.7 Å². The number of hydrogen-bond acceptors (Lipinski definition) is 9. The van der Waals surface area contributed by atoms with E-state index in [9.17, 15) is 29.1 Å². The van der Waals surface area contributed by atoms with Crippen molar-refractivity contribution in [3.63, 3.8) is 0 Å². The van der Waals surface area contributed by atoms with Crippen LogP contribution in [-0.4, -0.2) is 134 Å². The molecule has 0 heterocycles. The molecule has 14 nitrogen and oxygen atoms in total. The molecule has 16 heteroatoms. The van der Waals surface area contributed by atoms with Crippen LogP contribution in [0.25, 0.3) is 0 Å². The van der Waals surface area contributed by atoms with Crippen LogP contribution in [0, 0.1) is 39.9 Å². The maximum absolute atomic E-state index is 12.2. The van der Waals surface area contributed by atoms with Gasteiger partial charge in [0, 0.05) is 31.9 Å². The zero-order chi connectivity index (χ0) is 28.0. The first kappa shape index (κ1) is 35.7. The van der Waals surface area contributed by atoms with Gasteiger partial charge in [-0.2, -0.15) is 0 Å². The Kier molecular flexibility index (Phi) is 17.7. The fraction of sp³-hybridized carbons (Fsp3) is 0.455. The van der Waals surface area contributed by atoms with E-state index in [2.05, 4.69) is 5.32 Å². The SMILES string of the molecule is O=C(O)CN(CCN(CCN(CC(=O)O)CC(=O)O)C(Cc1ccc(NC=S)cc1)C(=O)O)CC(=O)O.[Gd+3]. The van der Waals surface area contributed by atoms with Crippen molar-refractivity contribution < 1.29 is 89.4 Å². The van der Waals surface area contributed by atoms with Crippen LogP contribution in [0.1, 0.15) is 5.56 Å². The van der Waals surface area contributed by atoms with Crippen LogP contribution in [0.15, 0.2) is 24.3 Å². The molecular formula is C22H30GdN4O10S+3. The van der Waals surface area contributed by atoms with Gasteiger partial charge in [-0.05, 0) is 24.1 Å². The summed E-state index contributed by atoms with van der Waals surface area (Å²) in [4.78, 5) is 60.5. The predicted octanol–water partition coefficient (Wildman–Crippen LogP) is -0.704. The molecule has 0 saturated carbocycles. The number of carboxylic acid groups (broad SMARTS) is 5. The van der Waals surface area contributed by atoms with Gasteiger partial charge < -0.3 is 30.8 Å². The summed E-state index contributed by atoms with van der Waals surface area (Å²) in [5.41, 5.74) is 2.66. The quantitative estimate of drug-likeness (QED) is 0.0930. The van der Waals surface area contributed by atoms with Crippen molar-refractivity contribution in [3.05, 3.63) is 29.8 Å². The van der Waals surface area contributed by atoms with Gasteiger partial charge in [0.15, 0.2) is 0 Å². The molecule has 0 spiro atoms. The number of carboxylic acids is 5. The zero-order valence-corrected chi connectivity index (χ0v) is 23.3. The number of rotatable bonds is 20. The summed E-state index contributed by atoms with van der Waals surface area (Å²) >= 11 is 4.73. The van der Waals surface area contributed by atoms with Gasteiger partial charge in [-0.1, -0.05) is 24.4 Å². The van der Waals surface area contributed by atoms with Crippen molar-refractivity contribution in [1.82, 2.24) is 14.7 Å². The smallest absolute Gasteiger partial charge is 0.480 e. The minimum absolute atomic E-state index is 0. The molecule has 6 N–H and O–H groups in total. The van der Waals surface area contributed by atoms with Crippen molar-refractivity contribution >= 4 is 53.2 Å². The third kappa shape index (κ3) is 15.2.